The second-order valence-corrected chi connectivity index (χ2v) is 7.71. The molecule has 1 aromatic carbocycles. The average molecular weight is 467 g/mol. The summed E-state index contributed by atoms with van der Waals surface area (Å²) in [4.78, 5) is 26.4. The van der Waals surface area contributed by atoms with E-state index in [9.17, 15) is 14.7 Å². The molecule has 12 nitrogen and oxygen atoms in total. The second-order valence-electron chi connectivity index (χ2n) is 7.71. The SMILES string of the molecule is NC(N)=[NH+]CCCO[C@H]1CO[C@H]2[C@@H]1OC[C@@H]2OC[C@H](NC(=O)OCc1ccccc1)C(=O)O. The molecule has 5 atom stereocenters. The lowest BCUT2D eigenvalue weighted by Gasteiger charge is -2.20. The number of carbonyl (C=O) groups excluding carboxylic acids is 1. The first kappa shape index (κ1) is 24.7. The molecule has 2 saturated heterocycles. The predicted molar refractivity (Wildman–Crippen MR) is 114 cm³/mol. The molecule has 3 rings (SSSR count). The zero-order chi connectivity index (χ0) is 23.6. The highest BCUT2D eigenvalue weighted by Gasteiger charge is 2.49. The van der Waals surface area contributed by atoms with E-state index in [-0.39, 0.29) is 44.1 Å². The average Bonchev–Trinajstić information content (AvgIpc) is 3.38. The number of carboxylic acids is 1. The quantitative estimate of drug-likeness (QED) is 0.127. The summed E-state index contributed by atoms with van der Waals surface area (Å²) in [6, 6.07) is 7.79. The minimum atomic E-state index is -1.28. The van der Waals surface area contributed by atoms with E-state index in [2.05, 4.69) is 10.3 Å². The Balaban J connectivity index is 1.39. The van der Waals surface area contributed by atoms with Crippen LogP contribution in [0.1, 0.15) is 12.0 Å². The van der Waals surface area contributed by atoms with Crippen molar-refractivity contribution in [1.29, 1.82) is 0 Å². The van der Waals surface area contributed by atoms with Gasteiger partial charge < -0.3 is 34.1 Å². The first-order valence-electron chi connectivity index (χ1n) is 10.7. The van der Waals surface area contributed by atoms with Crippen LogP contribution in [-0.4, -0.2) is 86.6 Å². The third kappa shape index (κ3) is 7.56. The van der Waals surface area contributed by atoms with Crippen LogP contribution in [0.25, 0.3) is 0 Å². The van der Waals surface area contributed by atoms with Crippen LogP contribution >= 0.6 is 0 Å². The van der Waals surface area contributed by atoms with Gasteiger partial charge in [-0.15, -0.1) is 0 Å². The molecule has 2 fully saturated rings. The van der Waals surface area contributed by atoms with E-state index in [4.69, 9.17) is 35.2 Å². The van der Waals surface area contributed by atoms with Gasteiger partial charge in [0, 0.05) is 6.42 Å². The molecule has 33 heavy (non-hydrogen) atoms. The summed E-state index contributed by atoms with van der Waals surface area (Å²) in [6.45, 7) is 1.42. The molecular formula is C21H31N4O8+. The fourth-order valence-electron chi connectivity index (χ4n) is 3.56. The van der Waals surface area contributed by atoms with Crippen molar-refractivity contribution in [3.63, 3.8) is 0 Å². The smallest absolute Gasteiger partial charge is 0.408 e. The molecule has 2 aliphatic rings. The van der Waals surface area contributed by atoms with E-state index < -0.39 is 24.2 Å². The molecule has 0 radical (unpaired) electrons. The number of nitrogens with one attached hydrogen (secondary N) is 2. The molecular weight excluding hydrogens is 436 g/mol. The Kier molecular flexibility index (Phi) is 9.24. The van der Waals surface area contributed by atoms with E-state index >= 15 is 0 Å². The Morgan fingerprint density at radius 3 is 2.42 bits per heavy atom. The summed E-state index contributed by atoms with van der Waals surface area (Å²) in [5.41, 5.74) is 11.5. The molecule has 12 heteroatoms. The lowest BCUT2D eigenvalue weighted by Crippen LogP contribution is -2.78. The zero-order valence-corrected chi connectivity index (χ0v) is 18.2. The summed E-state index contributed by atoms with van der Waals surface area (Å²) in [5, 5.41) is 11.7. The molecule has 0 spiro atoms. The molecule has 0 saturated carbocycles. The summed E-state index contributed by atoms with van der Waals surface area (Å²) < 4.78 is 28.2. The molecule has 2 aliphatic heterocycles. The Morgan fingerprint density at radius 2 is 1.79 bits per heavy atom. The van der Waals surface area contributed by atoms with Gasteiger partial charge in [-0.3, -0.25) is 16.5 Å². The predicted octanol–water partition coefficient (Wildman–Crippen LogP) is -2.32. The zero-order valence-electron chi connectivity index (χ0n) is 18.2. The van der Waals surface area contributed by atoms with Crippen LogP contribution in [0.4, 0.5) is 4.79 Å². The van der Waals surface area contributed by atoms with Gasteiger partial charge >= 0.3 is 18.0 Å². The third-order valence-corrected chi connectivity index (χ3v) is 5.22. The van der Waals surface area contributed by atoms with Crippen molar-refractivity contribution in [2.24, 2.45) is 11.5 Å². The van der Waals surface area contributed by atoms with Crippen LogP contribution < -0.4 is 21.8 Å². The van der Waals surface area contributed by atoms with E-state index in [1.54, 1.807) is 12.1 Å². The summed E-state index contributed by atoms with van der Waals surface area (Å²) in [6.07, 6.45) is -1.53. The Bertz CT molecular complexity index is 805. The maximum atomic E-state index is 12.0. The van der Waals surface area contributed by atoms with Gasteiger partial charge in [-0.05, 0) is 5.56 Å². The molecule has 0 aliphatic carbocycles. The number of nitrogens with two attached hydrogens (primary N) is 2. The maximum absolute atomic E-state index is 12.0. The molecule has 2 heterocycles. The molecule has 1 amide bonds. The molecule has 182 valence electrons. The largest absolute Gasteiger partial charge is 0.480 e. The van der Waals surface area contributed by atoms with Crippen molar-refractivity contribution < 1.29 is 43.4 Å². The van der Waals surface area contributed by atoms with Crippen LogP contribution in [0, 0.1) is 0 Å². The second kappa shape index (κ2) is 12.3. The number of fused-ring (bicyclic) bond motifs is 1. The lowest BCUT2D eigenvalue weighted by atomic mass is 10.1. The fraction of sp³-hybridized carbons (Fsp3) is 0.571. The molecule has 1 aromatic rings. The van der Waals surface area contributed by atoms with Gasteiger partial charge in [-0.1, -0.05) is 30.3 Å². The van der Waals surface area contributed by atoms with Crippen LogP contribution in [0.15, 0.2) is 30.3 Å². The summed E-state index contributed by atoms with van der Waals surface area (Å²) in [5.74, 6) is -1.07. The topological polar surface area (TPSA) is 179 Å². The number of hydrogen-bond acceptors (Lipinski definition) is 7. The van der Waals surface area contributed by atoms with E-state index in [0.29, 0.717) is 26.2 Å². The van der Waals surface area contributed by atoms with Crippen molar-refractivity contribution in [3.05, 3.63) is 35.9 Å². The standard InChI is InChI=1S/C21H30N4O8/c22-20(23)24-7-4-8-29-15-11-31-18-16(12-32-17(15)18)30-10-14(19(26)27)25-21(28)33-9-13-5-2-1-3-6-13/h1-3,5-6,14-18H,4,7-12H2,(H,25,28)(H,26,27)(H4,22,23,24)/p+1/t14-,15-,16-,17+,18+/m0/s1. The highest BCUT2D eigenvalue weighted by Crippen LogP contribution is 2.30. The van der Waals surface area contributed by atoms with E-state index in [1.807, 2.05) is 18.2 Å². The number of hydrogen-bond donors (Lipinski definition) is 5. The minimum absolute atomic E-state index is 0.0310. The number of amides is 1. The highest BCUT2D eigenvalue weighted by atomic mass is 16.6. The monoisotopic (exact) mass is 467 g/mol. The number of rotatable bonds is 12. The van der Waals surface area contributed by atoms with Crippen LogP contribution in [-0.2, 0) is 35.1 Å². The Morgan fingerprint density at radius 1 is 1.12 bits per heavy atom. The van der Waals surface area contributed by atoms with E-state index in [1.165, 1.54) is 0 Å². The van der Waals surface area contributed by atoms with Gasteiger partial charge in [-0.2, -0.15) is 0 Å². The van der Waals surface area contributed by atoms with Gasteiger partial charge in [0.05, 0.1) is 33.0 Å². The van der Waals surface area contributed by atoms with Gasteiger partial charge in [0.25, 0.3) is 0 Å². The molecule has 0 unspecified atom stereocenters. The highest BCUT2D eigenvalue weighted by molar-refractivity contribution is 5.80. The van der Waals surface area contributed by atoms with Crippen molar-refractivity contribution in [1.82, 2.24) is 5.32 Å². The number of guanidine groups is 1. The number of carboxylic acid groups (broad SMARTS) is 1. The molecule has 7 N–H and O–H groups in total. The first-order valence-corrected chi connectivity index (χ1v) is 10.7. The van der Waals surface area contributed by atoms with Crippen molar-refractivity contribution >= 4 is 18.0 Å². The number of benzene rings is 1. The number of aliphatic carboxylic acids is 1. The maximum Gasteiger partial charge on any atom is 0.408 e. The van der Waals surface area contributed by atoms with Crippen LogP contribution in [0.3, 0.4) is 0 Å². The van der Waals surface area contributed by atoms with Crippen molar-refractivity contribution in [2.45, 2.75) is 43.5 Å². The van der Waals surface area contributed by atoms with Gasteiger partial charge in [-0.25, -0.2) is 9.59 Å². The minimum Gasteiger partial charge on any atom is -0.480 e. The number of ether oxygens (including phenoxy) is 5. The fourth-order valence-corrected chi connectivity index (χ4v) is 3.56. The van der Waals surface area contributed by atoms with Gasteiger partial charge in [0.1, 0.15) is 31.0 Å². The first-order chi connectivity index (χ1) is 15.9. The van der Waals surface area contributed by atoms with Crippen LogP contribution in [0.5, 0.6) is 0 Å². The number of alkyl carbamates (subject to hydrolysis) is 1. The van der Waals surface area contributed by atoms with Crippen LogP contribution in [0.2, 0.25) is 0 Å². The lowest BCUT2D eigenvalue weighted by molar-refractivity contribution is -0.460. The summed E-state index contributed by atoms with van der Waals surface area (Å²) >= 11 is 0. The Hall–Kier alpha value is -2.93. The normalized spacial score (nSPS) is 24.6. The third-order valence-electron chi connectivity index (χ3n) is 5.22. The van der Waals surface area contributed by atoms with E-state index in [0.717, 1.165) is 5.56 Å². The van der Waals surface area contributed by atoms with Gasteiger partial charge in [0.2, 0.25) is 0 Å². The van der Waals surface area contributed by atoms with Crippen molar-refractivity contribution in [2.75, 3.05) is 33.0 Å². The Labute approximate surface area is 191 Å². The summed E-state index contributed by atoms with van der Waals surface area (Å²) in [7, 11) is 0. The van der Waals surface area contributed by atoms with Crippen molar-refractivity contribution in [3.8, 4) is 0 Å². The molecule has 0 aromatic heterocycles. The molecule has 0 bridgehead atoms. The number of carbonyl (C=O) groups is 2. The van der Waals surface area contributed by atoms with Gasteiger partial charge in [0.15, 0.2) is 6.04 Å².